The van der Waals surface area contributed by atoms with Crippen LogP contribution in [0, 0.1) is 0 Å². The highest BCUT2D eigenvalue weighted by Gasteiger charge is 2.24. The Hall–Kier alpha value is -0.940. The zero-order chi connectivity index (χ0) is 11.5. The van der Waals surface area contributed by atoms with Gasteiger partial charge in [0.2, 0.25) is 0 Å². The van der Waals surface area contributed by atoms with Crippen LogP contribution in [-0.2, 0) is 4.79 Å². The number of halogens is 1. The number of carboxylic acid groups (broad SMARTS) is 1. The van der Waals surface area contributed by atoms with Gasteiger partial charge in [0.1, 0.15) is 6.04 Å². The summed E-state index contributed by atoms with van der Waals surface area (Å²) in [6.45, 7) is 0. The molecular weight excluding hydrogens is 290 g/mol. The number of aliphatic carboxylic acids is 1. The lowest BCUT2D eigenvalue weighted by Crippen LogP contribution is -2.31. The number of rotatable bonds is 2. The molecule has 1 unspecified atom stereocenters. The molecule has 1 aromatic carbocycles. The van der Waals surface area contributed by atoms with Gasteiger partial charge < -0.3 is 10.4 Å². The van der Waals surface area contributed by atoms with Gasteiger partial charge in [-0.15, -0.1) is 11.8 Å². The standard InChI is InChI=1S/C11H10BrNO2S/c12-8-3-1-7(2-4-8)5-10-13-9(6-16-10)11(14)15/h1-5,9,13H,6H2,(H,14,15)/b10-5-. The molecule has 1 aromatic rings. The van der Waals surface area contributed by atoms with Crippen LogP contribution in [0.25, 0.3) is 6.08 Å². The Bertz CT molecular complexity index is 430. The molecule has 0 radical (unpaired) electrons. The largest absolute Gasteiger partial charge is 0.480 e. The summed E-state index contributed by atoms with van der Waals surface area (Å²) in [5, 5.41) is 12.7. The second kappa shape index (κ2) is 4.93. The van der Waals surface area contributed by atoms with E-state index in [1.165, 1.54) is 11.8 Å². The fraction of sp³-hybridized carbons (Fsp3) is 0.182. The van der Waals surface area contributed by atoms with Crippen LogP contribution in [0.2, 0.25) is 0 Å². The highest BCUT2D eigenvalue weighted by Crippen LogP contribution is 2.25. The van der Waals surface area contributed by atoms with Gasteiger partial charge in [0.25, 0.3) is 0 Å². The Morgan fingerprint density at radius 3 is 2.75 bits per heavy atom. The maximum Gasteiger partial charge on any atom is 0.327 e. The van der Waals surface area contributed by atoms with Gasteiger partial charge in [-0.2, -0.15) is 0 Å². The number of carboxylic acids is 1. The molecule has 1 atom stereocenters. The Morgan fingerprint density at radius 1 is 1.50 bits per heavy atom. The predicted molar refractivity (Wildman–Crippen MR) is 69.1 cm³/mol. The number of carbonyl (C=O) groups is 1. The third-order valence-electron chi connectivity index (χ3n) is 2.19. The number of benzene rings is 1. The summed E-state index contributed by atoms with van der Waals surface area (Å²) in [4.78, 5) is 10.7. The average Bonchev–Trinajstić information content (AvgIpc) is 2.70. The van der Waals surface area contributed by atoms with Crippen molar-refractivity contribution in [3.63, 3.8) is 0 Å². The van der Waals surface area contributed by atoms with E-state index in [9.17, 15) is 4.79 Å². The molecule has 2 rings (SSSR count). The molecule has 5 heteroatoms. The molecular formula is C11H10BrNO2S. The van der Waals surface area contributed by atoms with E-state index in [1.54, 1.807) is 0 Å². The molecule has 0 spiro atoms. The van der Waals surface area contributed by atoms with Crippen LogP contribution in [0.5, 0.6) is 0 Å². The highest BCUT2D eigenvalue weighted by atomic mass is 79.9. The van der Waals surface area contributed by atoms with E-state index >= 15 is 0 Å². The van der Waals surface area contributed by atoms with Crippen molar-refractivity contribution in [3.8, 4) is 0 Å². The minimum absolute atomic E-state index is 0.466. The second-order valence-electron chi connectivity index (χ2n) is 3.41. The predicted octanol–water partition coefficient (Wildman–Crippen LogP) is 2.54. The first-order valence-electron chi connectivity index (χ1n) is 4.74. The molecule has 16 heavy (non-hydrogen) atoms. The van der Waals surface area contributed by atoms with Gasteiger partial charge in [0, 0.05) is 10.2 Å². The number of hydrogen-bond acceptors (Lipinski definition) is 3. The molecule has 1 saturated heterocycles. The van der Waals surface area contributed by atoms with Crippen LogP contribution in [0.15, 0.2) is 33.8 Å². The Balaban J connectivity index is 2.09. The Kier molecular flexibility index (Phi) is 3.56. The summed E-state index contributed by atoms with van der Waals surface area (Å²) < 4.78 is 1.03. The summed E-state index contributed by atoms with van der Waals surface area (Å²) in [6.07, 6.45) is 1.96. The number of nitrogens with one attached hydrogen (secondary N) is 1. The minimum Gasteiger partial charge on any atom is -0.480 e. The van der Waals surface area contributed by atoms with E-state index in [0.717, 1.165) is 15.1 Å². The van der Waals surface area contributed by atoms with Crippen molar-refractivity contribution < 1.29 is 9.90 Å². The van der Waals surface area contributed by atoms with E-state index in [1.807, 2.05) is 30.3 Å². The van der Waals surface area contributed by atoms with Crippen LogP contribution in [0.3, 0.4) is 0 Å². The SMILES string of the molecule is O=C(O)C1CS/C(=C\c2ccc(Br)cc2)N1. The van der Waals surface area contributed by atoms with Gasteiger partial charge in [-0.25, -0.2) is 4.79 Å². The summed E-state index contributed by atoms with van der Waals surface area (Å²) in [5.41, 5.74) is 1.06. The van der Waals surface area contributed by atoms with Gasteiger partial charge in [-0.05, 0) is 23.8 Å². The van der Waals surface area contributed by atoms with Gasteiger partial charge in [-0.3, -0.25) is 0 Å². The molecule has 0 bridgehead atoms. The highest BCUT2D eigenvalue weighted by molar-refractivity contribution is 9.10. The summed E-state index contributed by atoms with van der Waals surface area (Å²) in [7, 11) is 0. The molecule has 3 nitrogen and oxygen atoms in total. The lowest BCUT2D eigenvalue weighted by Gasteiger charge is -2.03. The fourth-order valence-corrected chi connectivity index (χ4v) is 2.64. The van der Waals surface area contributed by atoms with Crippen molar-refractivity contribution >= 4 is 39.7 Å². The Morgan fingerprint density at radius 2 is 2.19 bits per heavy atom. The van der Waals surface area contributed by atoms with Gasteiger partial charge in [-0.1, -0.05) is 28.1 Å². The zero-order valence-electron chi connectivity index (χ0n) is 8.31. The van der Waals surface area contributed by atoms with Crippen molar-refractivity contribution in [2.75, 3.05) is 5.75 Å². The fourth-order valence-electron chi connectivity index (χ4n) is 1.35. The summed E-state index contributed by atoms with van der Waals surface area (Å²) in [6, 6.07) is 7.41. The van der Waals surface area contributed by atoms with E-state index in [-0.39, 0.29) is 0 Å². The molecule has 1 aliphatic heterocycles. The zero-order valence-corrected chi connectivity index (χ0v) is 10.7. The smallest absolute Gasteiger partial charge is 0.327 e. The van der Waals surface area contributed by atoms with Gasteiger partial charge in [0.15, 0.2) is 0 Å². The van der Waals surface area contributed by atoms with E-state index < -0.39 is 12.0 Å². The minimum atomic E-state index is -0.799. The quantitative estimate of drug-likeness (QED) is 0.881. The number of thioether (sulfide) groups is 1. The maximum absolute atomic E-state index is 10.7. The third-order valence-corrected chi connectivity index (χ3v) is 3.76. The van der Waals surface area contributed by atoms with Crippen molar-refractivity contribution in [1.82, 2.24) is 5.32 Å². The van der Waals surface area contributed by atoms with Crippen LogP contribution < -0.4 is 5.32 Å². The molecule has 0 aromatic heterocycles. The first-order chi connectivity index (χ1) is 7.65. The molecule has 0 amide bonds. The monoisotopic (exact) mass is 299 g/mol. The molecule has 2 N–H and O–H groups in total. The molecule has 1 heterocycles. The van der Waals surface area contributed by atoms with E-state index in [2.05, 4.69) is 21.2 Å². The van der Waals surface area contributed by atoms with E-state index in [4.69, 9.17) is 5.11 Å². The van der Waals surface area contributed by atoms with Crippen molar-refractivity contribution in [2.45, 2.75) is 6.04 Å². The van der Waals surface area contributed by atoms with Crippen molar-refractivity contribution in [1.29, 1.82) is 0 Å². The molecule has 1 fully saturated rings. The first-order valence-corrected chi connectivity index (χ1v) is 6.52. The van der Waals surface area contributed by atoms with Crippen molar-refractivity contribution in [3.05, 3.63) is 39.3 Å². The second-order valence-corrected chi connectivity index (χ2v) is 5.38. The van der Waals surface area contributed by atoms with E-state index in [0.29, 0.717) is 5.75 Å². The van der Waals surface area contributed by atoms with Crippen LogP contribution >= 0.6 is 27.7 Å². The van der Waals surface area contributed by atoms with Gasteiger partial charge in [0.05, 0.1) is 5.03 Å². The molecule has 84 valence electrons. The van der Waals surface area contributed by atoms with Gasteiger partial charge >= 0.3 is 5.97 Å². The van der Waals surface area contributed by atoms with Crippen LogP contribution in [0.4, 0.5) is 0 Å². The summed E-state index contributed by atoms with van der Waals surface area (Å²) >= 11 is 4.90. The first kappa shape index (κ1) is 11.5. The van der Waals surface area contributed by atoms with Crippen molar-refractivity contribution in [2.24, 2.45) is 0 Å². The van der Waals surface area contributed by atoms with Crippen LogP contribution in [0.1, 0.15) is 5.56 Å². The average molecular weight is 300 g/mol. The molecule has 1 aliphatic rings. The molecule has 0 saturated carbocycles. The normalized spacial score (nSPS) is 22.1. The molecule has 0 aliphatic carbocycles. The lowest BCUT2D eigenvalue weighted by molar-refractivity contribution is -0.138. The third kappa shape index (κ3) is 2.80. The number of hydrogen-bond donors (Lipinski definition) is 2. The summed E-state index contributed by atoms with van der Waals surface area (Å²) in [5.74, 6) is -0.218. The van der Waals surface area contributed by atoms with Crippen LogP contribution in [-0.4, -0.2) is 22.9 Å². The Labute approximate surface area is 106 Å². The topological polar surface area (TPSA) is 49.3 Å². The maximum atomic E-state index is 10.7. The lowest BCUT2D eigenvalue weighted by atomic mass is 10.2.